The van der Waals surface area contributed by atoms with Gasteiger partial charge >= 0.3 is 5.97 Å². The van der Waals surface area contributed by atoms with Crippen molar-refractivity contribution < 1.29 is 9.53 Å². The summed E-state index contributed by atoms with van der Waals surface area (Å²) in [6.45, 7) is 3.68. The lowest BCUT2D eigenvalue weighted by molar-refractivity contribution is -0.138. The van der Waals surface area contributed by atoms with Gasteiger partial charge in [0.25, 0.3) is 0 Å². The Labute approximate surface area is 122 Å². The van der Waals surface area contributed by atoms with E-state index in [1.807, 2.05) is 13.0 Å². The Morgan fingerprint density at radius 3 is 3.00 bits per heavy atom. The molecule has 5 heteroatoms. The molecule has 4 nitrogen and oxygen atoms in total. The molecule has 1 atom stereocenters. The van der Waals surface area contributed by atoms with Crippen LogP contribution in [-0.4, -0.2) is 35.7 Å². The monoisotopic (exact) mass is 288 g/mol. The minimum absolute atomic E-state index is 0.261. The van der Waals surface area contributed by atoms with Crippen LogP contribution in [0.25, 0.3) is 0 Å². The van der Waals surface area contributed by atoms with Gasteiger partial charge in [0.1, 0.15) is 0 Å². The van der Waals surface area contributed by atoms with Crippen molar-refractivity contribution in [3.63, 3.8) is 0 Å². The quantitative estimate of drug-likeness (QED) is 0.802. The van der Waals surface area contributed by atoms with Crippen molar-refractivity contribution in [1.29, 1.82) is 0 Å². The van der Waals surface area contributed by atoms with E-state index in [4.69, 9.17) is 4.74 Å². The third-order valence-corrected chi connectivity index (χ3v) is 4.59. The van der Waals surface area contributed by atoms with E-state index in [0.29, 0.717) is 24.0 Å². The van der Waals surface area contributed by atoms with Crippen LogP contribution in [0.1, 0.15) is 17.7 Å². The summed E-state index contributed by atoms with van der Waals surface area (Å²) in [5.41, 5.74) is 1.93. The average Bonchev–Trinajstić information content (AvgIpc) is 2.91. The largest absolute Gasteiger partial charge is 0.463 e. The van der Waals surface area contributed by atoms with Crippen molar-refractivity contribution in [3.8, 4) is 0 Å². The Balaban J connectivity index is 1.70. The van der Waals surface area contributed by atoms with Crippen LogP contribution in [0.5, 0.6) is 0 Å². The molecule has 104 valence electrons. The molecule has 0 N–H and O–H groups in total. The van der Waals surface area contributed by atoms with Gasteiger partial charge in [-0.25, -0.2) is 9.79 Å². The molecule has 0 aliphatic carbocycles. The lowest BCUT2D eigenvalue weighted by Gasteiger charge is -2.21. The Hall–Kier alpha value is -1.75. The number of esters is 1. The molecule has 1 aromatic rings. The van der Waals surface area contributed by atoms with Gasteiger partial charge < -0.3 is 9.64 Å². The van der Waals surface area contributed by atoms with Gasteiger partial charge in [0.2, 0.25) is 0 Å². The smallest absolute Gasteiger partial charge is 0.337 e. The number of amidine groups is 1. The van der Waals surface area contributed by atoms with Crippen LogP contribution in [0.2, 0.25) is 0 Å². The summed E-state index contributed by atoms with van der Waals surface area (Å²) in [6.07, 6.45) is 1.64. The van der Waals surface area contributed by atoms with Crippen LogP contribution in [-0.2, 0) is 9.53 Å². The number of rotatable bonds is 3. The average molecular weight is 288 g/mol. The summed E-state index contributed by atoms with van der Waals surface area (Å²) in [4.78, 5) is 18.3. The molecular weight excluding hydrogens is 272 g/mol. The molecule has 3 rings (SSSR count). The first-order valence-electron chi connectivity index (χ1n) is 6.68. The van der Waals surface area contributed by atoms with Crippen LogP contribution in [0.15, 0.2) is 47.1 Å². The van der Waals surface area contributed by atoms with Crippen LogP contribution >= 0.6 is 11.8 Å². The van der Waals surface area contributed by atoms with E-state index < -0.39 is 0 Å². The van der Waals surface area contributed by atoms with E-state index in [2.05, 4.69) is 34.2 Å². The second-order valence-electron chi connectivity index (χ2n) is 4.68. The van der Waals surface area contributed by atoms with Gasteiger partial charge in [-0.05, 0) is 12.5 Å². The maximum absolute atomic E-state index is 11.7. The molecule has 1 fully saturated rings. The number of carbonyl (C=O) groups is 1. The third kappa shape index (κ3) is 2.58. The Morgan fingerprint density at radius 1 is 1.45 bits per heavy atom. The predicted octanol–water partition coefficient (Wildman–Crippen LogP) is 2.59. The van der Waals surface area contributed by atoms with Crippen molar-refractivity contribution >= 4 is 22.9 Å². The molecule has 1 aromatic carbocycles. The normalized spacial score (nSPS) is 21.1. The van der Waals surface area contributed by atoms with E-state index in [1.54, 1.807) is 18.0 Å². The molecule has 20 heavy (non-hydrogen) atoms. The van der Waals surface area contributed by atoms with Crippen LogP contribution in [0.3, 0.4) is 0 Å². The van der Waals surface area contributed by atoms with Crippen LogP contribution in [0.4, 0.5) is 0 Å². The van der Waals surface area contributed by atoms with E-state index in [0.717, 1.165) is 11.7 Å². The summed E-state index contributed by atoms with van der Waals surface area (Å²) in [5, 5.41) is 1.37. The fourth-order valence-corrected chi connectivity index (χ4v) is 3.53. The SMILES string of the molecule is CCOC(=O)C1=CN=C2SC(c3ccccc3)CN2C1. The summed E-state index contributed by atoms with van der Waals surface area (Å²) >= 11 is 1.75. The highest BCUT2D eigenvalue weighted by Crippen LogP contribution is 2.39. The highest BCUT2D eigenvalue weighted by Gasteiger charge is 2.33. The van der Waals surface area contributed by atoms with E-state index in [1.165, 1.54) is 5.56 Å². The van der Waals surface area contributed by atoms with Gasteiger partial charge in [0.05, 0.1) is 24.0 Å². The number of ether oxygens (including phenoxy) is 1. The number of aliphatic imine (C=N–C) groups is 1. The summed E-state index contributed by atoms with van der Waals surface area (Å²) in [7, 11) is 0. The number of hydrogen-bond donors (Lipinski definition) is 0. The number of fused-ring (bicyclic) bond motifs is 1. The minimum Gasteiger partial charge on any atom is -0.463 e. The fraction of sp³-hybridized carbons (Fsp3) is 0.333. The number of benzene rings is 1. The second kappa shape index (κ2) is 5.71. The van der Waals surface area contributed by atoms with E-state index in [-0.39, 0.29) is 5.97 Å². The zero-order chi connectivity index (χ0) is 13.9. The van der Waals surface area contributed by atoms with Crippen molar-refractivity contribution in [2.24, 2.45) is 4.99 Å². The maximum atomic E-state index is 11.7. The topological polar surface area (TPSA) is 41.9 Å². The number of carbonyl (C=O) groups excluding carboxylic acids is 1. The van der Waals surface area contributed by atoms with Gasteiger partial charge in [-0.15, -0.1) is 0 Å². The zero-order valence-electron chi connectivity index (χ0n) is 11.3. The molecule has 0 amide bonds. The van der Waals surface area contributed by atoms with E-state index >= 15 is 0 Å². The highest BCUT2D eigenvalue weighted by molar-refractivity contribution is 8.14. The Bertz CT molecular complexity index is 568. The molecule has 2 aliphatic rings. The van der Waals surface area contributed by atoms with Crippen molar-refractivity contribution in [3.05, 3.63) is 47.7 Å². The molecular formula is C15H16N2O2S. The standard InChI is InChI=1S/C15H16N2O2S/c1-2-19-14(18)12-8-16-15-17(9-12)10-13(20-15)11-6-4-3-5-7-11/h3-8,13H,2,9-10H2,1H3. The molecule has 0 saturated carbocycles. The van der Waals surface area contributed by atoms with Crippen LogP contribution in [0, 0.1) is 0 Å². The Kier molecular flexibility index (Phi) is 3.78. The first-order chi connectivity index (χ1) is 9.78. The zero-order valence-corrected chi connectivity index (χ0v) is 12.1. The van der Waals surface area contributed by atoms with Gasteiger partial charge in [0.15, 0.2) is 5.17 Å². The van der Waals surface area contributed by atoms with E-state index in [9.17, 15) is 4.79 Å². The van der Waals surface area contributed by atoms with Gasteiger partial charge in [-0.1, -0.05) is 42.1 Å². The highest BCUT2D eigenvalue weighted by atomic mass is 32.2. The van der Waals surface area contributed by atoms with Gasteiger partial charge in [-0.2, -0.15) is 0 Å². The minimum atomic E-state index is -0.261. The Morgan fingerprint density at radius 2 is 2.25 bits per heavy atom. The molecule has 2 heterocycles. The molecule has 2 aliphatic heterocycles. The molecule has 0 aromatic heterocycles. The molecule has 0 bridgehead atoms. The van der Waals surface area contributed by atoms with Crippen molar-refractivity contribution in [2.45, 2.75) is 12.2 Å². The molecule has 1 unspecified atom stereocenters. The van der Waals surface area contributed by atoms with Crippen molar-refractivity contribution in [2.75, 3.05) is 19.7 Å². The van der Waals surface area contributed by atoms with Crippen LogP contribution < -0.4 is 0 Å². The summed E-state index contributed by atoms with van der Waals surface area (Å²) in [6, 6.07) is 10.4. The van der Waals surface area contributed by atoms with Gasteiger partial charge in [0, 0.05) is 12.7 Å². The number of nitrogens with zero attached hydrogens (tertiary/aromatic N) is 2. The summed E-state index contributed by atoms with van der Waals surface area (Å²) < 4.78 is 5.03. The molecule has 0 spiro atoms. The summed E-state index contributed by atoms with van der Waals surface area (Å²) in [5.74, 6) is -0.261. The number of hydrogen-bond acceptors (Lipinski definition) is 5. The molecule has 0 radical (unpaired) electrons. The van der Waals surface area contributed by atoms with Gasteiger partial charge in [-0.3, -0.25) is 0 Å². The fourth-order valence-electron chi connectivity index (χ4n) is 2.32. The lowest BCUT2D eigenvalue weighted by atomic mass is 10.1. The first kappa shape index (κ1) is 13.2. The second-order valence-corrected chi connectivity index (χ2v) is 5.85. The first-order valence-corrected chi connectivity index (χ1v) is 7.56. The number of thioether (sulfide) groups is 1. The lowest BCUT2D eigenvalue weighted by Crippen LogP contribution is -2.32. The van der Waals surface area contributed by atoms with Crippen molar-refractivity contribution in [1.82, 2.24) is 4.90 Å². The predicted molar refractivity (Wildman–Crippen MR) is 80.5 cm³/mol. The maximum Gasteiger partial charge on any atom is 0.337 e. The third-order valence-electron chi connectivity index (χ3n) is 3.31. The molecule has 1 saturated heterocycles.